The van der Waals surface area contributed by atoms with Crippen molar-refractivity contribution in [2.75, 3.05) is 0 Å². The van der Waals surface area contributed by atoms with Crippen molar-refractivity contribution in [3.8, 4) is 12.1 Å². The van der Waals surface area contributed by atoms with Crippen molar-refractivity contribution in [3.05, 3.63) is 35.9 Å². The normalized spacial score (nSPS) is 25.3. The molecule has 1 spiro atoms. The molecule has 0 unspecified atom stereocenters. The van der Waals surface area contributed by atoms with Crippen molar-refractivity contribution in [3.63, 3.8) is 0 Å². The quantitative estimate of drug-likeness (QED) is 0.771. The van der Waals surface area contributed by atoms with E-state index in [1.165, 1.54) is 0 Å². The molecule has 1 aromatic carbocycles. The Balaban J connectivity index is 1.99. The molecule has 2 saturated carbocycles. The van der Waals surface area contributed by atoms with Gasteiger partial charge < -0.3 is 0 Å². The highest BCUT2D eigenvalue weighted by molar-refractivity contribution is 6.02. The van der Waals surface area contributed by atoms with Gasteiger partial charge in [0.15, 0.2) is 11.2 Å². The Labute approximate surface area is 125 Å². The van der Waals surface area contributed by atoms with E-state index in [2.05, 4.69) is 12.1 Å². The topological polar surface area (TPSA) is 64.7 Å². The Kier molecular flexibility index (Phi) is 3.30. The van der Waals surface area contributed by atoms with Gasteiger partial charge in [0.05, 0.1) is 18.1 Å². The molecule has 0 aromatic heterocycles. The van der Waals surface area contributed by atoms with Crippen molar-refractivity contribution >= 4 is 5.78 Å². The van der Waals surface area contributed by atoms with E-state index in [0.29, 0.717) is 5.56 Å². The molecule has 0 saturated heterocycles. The van der Waals surface area contributed by atoms with Gasteiger partial charge in [0.2, 0.25) is 0 Å². The van der Waals surface area contributed by atoms with Gasteiger partial charge in [-0.25, -0.2) is 0 Å². The second kappa shape index (κ2) is 5.01. The molecule has 3 nitrogen and oxygen atoms in total. The van der Waals surface area contributed by atoms with Crippen LogP contribution < -0.4 is 0 Å². The van der Waals surface area contributed by atoms with E-state index >= 15 is 0 Å². The van der Waals surface area contributed by atoms with Gasteiger partial charge in [0.25, 0.3) is 0 Å². The second-order valence-electron chi connectivity index (χ2n) is 6.27. The van der Waals surface area contributed by atoms with Crippen LogP contribution >= 0.6 is 0 Å². The number of Topliss-reactive ketones (excluding diaryl/α,β-unsaturated/α-hetero) is 1. The molecule has 2 fully saturated rings. The summed E-state index contributed by atoms with van der Waals surface area (Å²) < 4.78 is 0. The van der Waals surface area contributed by atoms with E-state index in [1.54, 1.807) is 12.1 Å². The SMILES string of the molecule is N#CC1(C#N)[C@@H](C(=O)c2ccccc2)C12CCCCCC2. The molecule has 0 amide bonds. The number of ketones is 1. The first kappa shape index (κ1) is 13.8. The minimum absolute atomic E-state index is 0.0272. The van der Waals surface area contributed by atoms with Crippen LogP contribution in [-0.4, -0.2) is 5.78 Å². The predicted octanol–water partition coefficient (Wildman–Crippen LogP) is 3.87. The third-order valence-corrected chi connectivity index (χ3v) is 5.36. The first-order valence-corrected chi connectivity index (χ1v) is 7.64. The summed E-state index contributed by atoms with van der Waals surface area (Å²) in [6.07, 6.45) is 5.98. The summed E-state index contributed by atoms with van der Waals surface area (Å²) in [5.41, 5.74) is -0.886. The van der Waals surface area contributed by atoms with Gasteiger partial charge in [0, 0.05) is 11.0 Å². The van der Waals surface area contributed by atoms with Crippen LogP contribution in [0.15, 0.2) is 30.3 Å². The molecule has 1 aromatic rings. The number of nitrogens with zero attached hydrogens (tertiary/aromatic N) is 2. The van der Waals surface area contributed by atoms with Crippen molar-refractivity contribution in [2.24, 2.45) is 16.7 Å². The first-order chi connectivity index (χ1) is 10.2. The van der Waals surface area contributed by atoms with E-state index in [4.69, 9.17) is 0 Å². The number of carbonyl (C=O) groups is 1. The lowest BCUT2D eigenvalue weighted by Gasteiger charge is -2.14. The van der Waals surface area contributed by atoms with Crippen LogP contribution in [0.5, 0.6) is 0 Å². The molecule has 2 aliphatic carbocycles. The Bertz CT molecular complexity index is 613. The van der Waals surface area contributed by atoms with E-state index < -0.39 is 16.7 Å². The van der Waals surface area contributed by atoms with Gasteiger partial charge in [-0.1, -0.05) is 56.0 Å². The van der Waals surface area contributed by atoms with Crippen LogP contribution in [-0.2, 0) is 0 Å². The van der Waals surface area contributed by atoms with Crippen LogP contribution in [0, 0.1) is 39.4 Å². The Morgan fingerprint density at radius 3 is 2.10 bits per heavy atom. The largest absolute Gasteiger partial charge is 0.294 e. The van der Waals surface area contributed by atoms with Crippen LogP contribution in [0.2, 0.25) is 0 Å². The number of rotatable bonds is 2. The molecule has 0 N–H and O–H groups in total. The van der Waals surface area contributed by atoms with Crippen LogP contribution in [0.1, 0.15) is 48.9 Å². The Hall–Kier alpha value is -2.13. The zero-order valence-electron chi connectivity index (χ0n) is 12.0. The Morgan fingerprint density at radius 2 is 1.57 bits per heavy atom. The van der Waals surface area contributed by atoms with E-state index in [1.807, 2.05) is 18.2 Å². The summed E-state index contributed by atoms with van der Waals surface area (Å²) in [4.78, 5) is 12.8. The molecular weight excluding hydrogens is 260 g/mol. The third kappa shape index (κ3) is 1.81. The molecular formula is C18H18N2O. The van der Waals surface area contributed by atoms with Crippen LogP contribution in [0.25, 0.3) is 0 Å². The zero-order valence-corrected chi connectivity index (χ0v) is 12.0. The van der Waals surface area contributed by atoms with Crippen molar-refractivity contribution < 1.29 is 4.79 Å². The summed E-state index contributed by atoms with van der Waals surface area (Å²) in [5.74, 6) is -0.471. The highest BCUT2D eigenvalue weighted by Gasteiger charge is 2.80. The molecule has 1 atom stereocenters. The highest BCUT2D eigenvalue weighted by atomic mass is 16.1. The first-order valence-electron chi connectivity index (χ1n) is 7.64. The minimum atomic E-state index is -1.11. The summed E-state index contributed by atoms with van der Waals surface area (Å²) in [6.45, 7) is 0. The fourth-order valence-electron chi connectivity index (χ4n) is 4.23. The van der Waals surface area contributed by atoms with Crippen LogP contribution in [0.3, 0.4) is 0 Å². The fraction of sp³-hybridized carbons (Fsp3) is 0.500. The molecule has 3 heteroatoms. The van der Waals surface area contributed by atoms with Gasteiger partial charge in [-0.05, 0) is 12.8 Å². The van der Waals surface area contributed by atoms with Crippen molar-refractivity contribution in [1.82, 2.24) is 0 Å². The third-order valence-electron chi connectivity index (χ3n) is 5.36. The number of hydrogen-bond acceptors (Lipinski definition) is 3. The van der Waals surface area contributed by atoms with Gasteiger partial charge in [-0.15, -0.1) is 0 Å². The molecule has 0 aliphatic heterocycles. The lowest BCUT2D eigenvalue weighted by molar-refractivity contribution is 0.0942. The van der Waals surface area contributed by atoms with Gasteiger partial charge in [0.1, 0.15) is 0 Å². The summed E-state index contributed by atoms with van der Waals surface area (Å²) in [7, 11) is 0. The molecule has 21 heavy (non-hydrogen) atoms. The fourth-order valence-corrected chi connectivity index (χ4v) is 4.23. The van der Waals surface area contributed by atoms with Crippen molar-refractivity contribution in [1.29, 1.82) is 10.5 Å². The number of benzene rings is 1. The molecule has 0 heterocycles. The average molecular weight is 278 g/mol. The maximum atomic E-state index is 12.8. The molecule has 0 radical (unpaired) electrons. The molecule has 2 aliphatic rings. The van der Waals surface area contributed by atoms with Gasteiger partial charge >= 0.3 is 0 Å². The maximum Gasteiger partial charge on any atom is 0.169 e. The summed E-state index contributed by atoms with van der Waals surface area (Å²) in [6, 6.07) is 13.5. The molecule has 3 rings (SSSR count). The number of hydrogen-bond donors (Lipinski definition) is 0. The van der Waals surface area contributed by atoms with Crippen LogP contribution in [0.4, 0.5) is 0 Å². The minimum Gasteiger partial charge on any atom is -0.294 e. The van der Waals surface area contributed by atoms with Gasteiger partial charge in [-0.2, -0.15) is 10.5 Å². The lowest BCUT2D eigenvalue weighted by Crippen LogP contribution is -2.11. The second-order valence-corrected chi connectivity index (χ2v) is 6.27. The predicted molar refractivity (Wildman–Crippen MR) is 78.1 cm³/mol. The van der Waals surface area contributed by atoms with Gasteiger partial charge in [-0.3, -0.25) is 4.79 Å². The van der Waals surface area contributed by atoms with E-state index in [9.17, 15) is 15.3 Å². The maximum absolute atomic E-state index is 12.8. The molecule has 0 bridgehead atoms. The van der Waals surface area contributed by atoms with E-state index in [0.717, 1.165) is 38.5 Å². The monoisotopic (exact) mass is 278 g/mol. The number of carbonyl (C=O) groups excluding carboxylic acids is 1. The zero-order chi connectivity index (χ0) is 14.9. The number of nitriles is 2. The standard InChI is InChI=1S/C18H18N2O/c19-12-18(13-20)16(15(21)14-8-4-3-5-9-14)17(18)10-6-1-2-7-11-17/h3-5,8-9,16H,1-2,6-7,10-11H2/t16-/m0/s1. The summed E-state index contributed by atoms with van der Waals surface area (Å²) >= 11 is 0. The summed E-state index contributed by atoms with van der Waals surface area (Å²) in [5, 5.41) is 19.2. The smallest absolute Gasteiger partial charge is 0.169 e. The van der Waals surface area contributed by atoms with E-state index in [-0.39, 0.29) is 5.78 Å². The average Bonchev–Trinajstić information content (AvgIpc) is 3.20. The van der Waals surface area contributed by atoms with Crippen molar-refractivity contribution in [2.45, 2.75) is 38.5 Å². The lowest BCUT2D eigenvalue weighted by atomic mass is 9.87. The Morgan fingerprint density at radius 1 is 1.00 bits per heavy atom. The molecule has 106 valence electrons. The highest BCUT2D eigenvalue weighted by Crippen LogP contribution is 2.74.